The molecule has 1 aliphatic heterocycles. The van der Waals surface area contributed by atoms with Crippen LogP contribution in [-0.4, -0.2) is 26.8 Å². The highest BCUT2D eigenvalue weighted by molar-refractivity contribution is 6.32. The maximum atomic E-state index is 6.19. The summed E-state index contributed by atoms with van der Waals surface area (Å²) >= 11 is 6.19. The fourth-order valence-corrected chi connectivity index (χ4v) is 2.80. The summed E-state index contributed by atoms with van der Waals surface area (Å²) in [7, 11) is 1.63. The minimum absolute atomic E-state index is 0.146. The van der Waals surface area contributed by atoms with Crippen LogP contribution in [0.15, 0.2) is 18.2 Å². The molecule has 0 spiro atoms. The number of benzene rings is 1. The van der Waals surface area contributed by atoms with Crippen molar-refractivity contribution in [3.8, 4) is 5.75 Å². The summed E-state index contributed by atoms with van der Waals surface area (Å²) in [5.41, 5.74) is 1.14. The average molecular weight is 284 g/mol. The first-order chi connectivity index (χ1) is 9.26. The second kappa shape index (κ2) is 7.13. The van der Waals surface area contributed by atoms with Gasteiger partial charge in [0.15, 0.2) is 0 Å². The van der Waals surface area contributed by atoms with Crippen LogP contribution in [0.5, 0.6) is 5.75 Å². The van der Waals surface area contributed by atoms with E-state index in [0.717, 1.165) is 38.1 Å². The fourth-order valence-electron chi connectivity index (χ4n) is 2.54. The topological polar surface area (TPSA) is 30.5 Å². The molecule has 106 valence electrons. The van der Waals surface area contributed by atoms with Crippen LogP contribution in [0, 0.1) is 5.92 Å². The van der Waals surface area contributed by atoms with E-state index in [1.807, 2.05) is 18.2 Å². The molecule has 0 bridgehead atoms. The lowest BCUT2D eigenvalue weighted by Crippen LogP contribution is -2.25. The summed E-state index contributed by atoms with van der Waals surface area (Å²) in [5.74, 6) is 1.24. The standard InChI is InChI=1S/C15H22ClNO2/c1-3-7-17-10-12-6-8-19-15(12)11-4-5-14(18-2)13(16)9-11/h4-5,9,12,15,17H,3,6-8,10H2,1-2H3. The Morgan fingerprint density at radius 3 is 3.00 bits per heavy atom. The molecule has 0 radical (unpaired) electrons. The van der Waals surface area contributed by atoms with Crippen molar-refractivity contribution in [3.63, 3.8) is 0 Å². The molecule has 3 nitrogen and oxygen atoms in total. The second-order valence-corrected chi connectivity index (χ2v) is 5.35. The van der Waals surface area contributed by atoms with Gasteiger partial charge < -0.3 is 14.8 Å². The Morgan fingerprint density at radius 2 is 2.32 bits per heavy atom. The van der Waals surface area contributed by atoms with Crippen LogP contribution in [0.2, 0.25) is 5.02 Å². The number of methoxy groups -OCH3 is 1. The first kappa shape index (κ1) is 14.6. The Kier molecular flexibility index (Phi) is 5.49. The number of halogens is 1. The van der Waals surface area contributed by atoms with Crippen molar-refractivity contribution >= 4 is 11.6 Å². The highest BCUT2D eigenvalue weighted by atomic mass is 35.5. The quantitative estimate of drug-likeness (QED) is 0.812. The summed E-state index contributed by atoms with van der Waals surface area (Å²) in [6, 6.07) is 5.92. The monoisotopic (exact) mass is 283 g/mol. The molecule has 2 unspecified atom stereocenters. The fraction of sp³-hybridized carbons (Fsp3) is 0.600. The first-order valence-corrected chi connectivity index (χ1v) is 7.29. The van der Waals surface area contributed by atoms with Gasteiger partial charge in [0.2, 0.25) is 0 Å². The Bertz CT molecular complexity index is 411. The van der Waals surface area contributed by atoms with E-state index in [4.69, 9.17) is 21.1 Å². The highest BCUT2D eigenvalue weighted by Crippen LogP contribution is 2.37. The highest BCUT2D eigenvalue weighted by Gasteiger charge is 2.29. The van der Waals surface area contributed by atoms with Crippen molar-refractivity contribution in [2.45, 2.75) is 25.9 Å². The minimum Gasteiger partial charge on any atom is -0.495 e. The number of ether oxygens (including phenoxy) is 2. The molecule has 1 fully saturated rings. The van der Waals surface area contributed by atoms with Crippen molar-refractivity contribution in [2.75, 3.05) is 26.8 Å². The Labute approximate surface area is 120 Å². The van der Waals surface area contributed by atoms with Gasteiger partial charge in [-0.2, -0.15) is 0 Å². The summed E-state index contributed by atoms with van der Waals surface area (Å²) in [5, 5.41) is 4.13. The van der Waals surface area contributed by atoms with Crippen LogP contribution in [0.1, 0.15) is 31.4 Å². The number of hydrogen-bond donors (Lipinski definition) is 1. The Morgan fingerprint density at radius 1 is 1.47 bits per heavy atom. The van der Waals surface area contributed by atoms with Gasteiger partial charge in [0.05, 0.1) is 18.2 Å². The molecule has 0 saturated carbocycles. The molecule has 2 atom stereocenters. The number of rotatable bonds is 6. The maximum Gasteiger partial charge on any atom is 0.137 e. The molecule has 1 heterocycles. The third-order valence-corrected chi connectivity index (χ3v) is 3.85. The van der Waals surface area contributed by atoms with E-state index in [1.165, 1.54) is 0 Å². The third-order valence-electron chi connectivity index (χ3n) is 3.55. The van der Waals surface area contributed by atoms with Crippen LogP contribution < -0.4 is 10.1 Å². The van der Waals surface area contributed by atoms with Crippen molar-refractivity contribution < 1.29 is 9.47 Å². The van der Waals surface area contributed by atoms with Gasteiger partial charge in [-0.15, -0.1) is 0 Å². The van der Waals surface area contributed by atoms with Gasteiger partial charge in [-0.25, -0.2) is 0 Å². The summed E-state index contributed by atoms with van der Waals surface area (Å²) in [4.78, 5) is 0. The van der Waals surface area contributed by atoms with Crippen molar-refractivity contribution in [2.24, 2.45) is 5.92 Å². The predicted molar refractivity (Wildman–Crippen MR) is 78.0 cm³/mol. The molecule has 2 rings (SSSR count). The van der Waals surface area contributed by atoms with E-state index in [2.05, 4.69) is 12.2 Å². The van der Waals surface area contributed by atoms with E-state index in [9.17, 15) is 0 Å². The zero-order valence-corrected chi connectivity index (χ0v) is 12.4. The van der Waals surface area contributed by atoms with Crippen LogP contribution in [0.25, 0.3) is 0 Å². The van der Waals surface area contributed by atoms with Gasteiger partial charge in [-0.1, -0.05) is 24.6 Å². The summed E-state index contributed by atoms with van der Waals surface area (Å²) in [6.07, 6.45) is 2.41. The molecule has 1 aromatic carbocycles. The van der Waals surface area contributed by atoms with Crippen LogP contribution in [0.4, 0.5) is 0 Å². The molecule has 4 heteroatoms. The molecule has 1 saturated heterocycles. The molecule has 0 amide bonds. The average Bonchev–Trinajstić information content (AvgIpc) is 2.87. The first-order valence-electron chi connectivity index (χ1n) is 6.92. The lowest BCUT2D eigenvalue weighted by Gasteiger charge is -2.20. The van der Waals surface area contributed by atoms with E-state index in [-0.39, 0.29) is 6.10 Å². The zero-order valence-electron chi connectivity index (χ0n) is 11.6. The van der Waals surface area contributed by atoms with Gasteiger partial charge in [0.1, 0.15) is 5.75 Å². The second-order valence-electron chi connectivity index (χ2n) is 4.94. The van der Waals surface area contributed by atoms with Crippen molar-refractivity contribution in [3.05, 3.63) is 28.8 Å². The van der Waals surface area contributed by atoms with E-state index >= 15 is 0 Å². The van der Waals surface area contributed by atoms with Gasteiger partial charge in [-0.3, -0.25) is 0 Å². The van der Waals surface area contributed by atoms with E-state index in [1.54, 1.807) is 7.11 Å². The summed E-state index contributed by atoms with van der Waals surface area (Å²) in [6.45, 7) is 5.07. The lowest BCUT2D eigenvalue weighted by molar-refractivity contribution is 0.0905. The Balaban J connectivity index is 2.04. The molecule has 1 N–H and O–H groups in total. The van der Waals surface area contributed by atoms with Crippen molar-refractivity contribution in [1.82, 2.24) is 5.32 Å². The Hall–Kier alpha value is -0.770. The SMILES string of the molecule is CCCNCC1CCOC1c1ccc(OC)c(Cl)c1. The van der Waals surface area contributed by atoms with Crippen LogP contribution >= 0.6 is 11.6 Å². The zero-order chi connectivity index (χ0) is 13.7. The van der Waals surface area contributed by atoms with Gasteiger partial charge in [-0.05, 0) is 37.1 Å². The van der Waals surface area contributed by atoms with E-state index in [0.29, 0.717) is 16.7 Å². The molecule has 0 aromatic heterocycles. The molecular formula is C15H22ClNO2. The lowest BCUT2D eigenvalue weighted by atomic mass is 9.95. The van der Waals surface area contributed by atoms with E-state index < -0.39 is 0 Å². The maximum absolute atomic E-state index is 6.19. The third kappa shape index (κ3) is 3.62. The normalized spacial score (nSPS) is 22.7. The molecule has 19 heavy (non-hydrogen) atoms. The number of hydrogen-bond acceptors (Lipinski definition) is 3. The molecule has 1 aromatic rings. The van der Waals surface area contributed by atoms with Gasteiger partial charge in [0, 0.05) is 19.1 Å². The van der Waals surface area contributed by atoms with Crippen LogP contribution in [0.3, 0.4) is 0 Å². The smallest absolute Gasteiger partial charge is 0.137 e. The molecule has 0 aliphatic carbocycles. The predicted octanol–water partition coefficient (Wildman–Crippen LogP) is 3.43. The number of nitrogens with one attached hydrogen (secondary N) is 1. The van der Waals surface area contributed by atoms with Crippen LogP contribution in [-0.2, 0) is 4.74 Å². The molecule has 1 aliphatic rings. The van der Waals surface area contributed by atoms with Gasteiger partial charge in [0.25, 0.3) is 0 Å². The molecular weight excluding hydrogens is 262 g/mol. The summed E-state index contributed by atoms with van der Waals surface area (Å²) < 4.78 is 11.1. The van der Waals surface area contributed by atoms with Gasteiger partial charge >= 0.3 is 0 Å². The largest absolute Gasteiger partial charge is 0.495 e. The minimum atomic E-state index is 0.146. The van der Waals surface area contributed by atoms with Crippen molar-refractivity contribution in [1.29, 1.82) is 0 Å².